The molecule has 0 fully saturated rings. The predicted molar refractivity (Wildman–Crippen MR) is 68.9 cm³/mol. The molecule has 2 nitrogen and oxygen atoms in total. The first kappa shape index (κ1) is 12.0. The van der Waals surface area contributed by atoms with E-state index >= 15 is 0 Å². The van der Waals surface area contributed by atoms with E-state index < -0.39 is 0 Å². The van der Waals surface area contributed by atoms with E-state index in [4.69, 9.17) is 0 Å². The number of halogens is 1. The number of alkyl halides is 1. The van der Waals surface area contributed by atoms with Crippen LogP contribution in [0.15, 0.2) is 36.5 Å². The van der Waals surface area contributed by atoms with Crippen molar-refractivity contribution in [1.82, 2.24) is 10.3 Å². The van der Waals surface area contributed by atoms with E-state index in [1.165, 1.54) is 10.9 Å². The lowest BCUT2D eigenvalue weighted by Gasteiger charge is -2.06. The smallest absolute Gasteiger partial charge is 0.0906 e. The molecule has 2 rings (SSSR count). The number of hydrogen-bond acceptors (Lipinski definition) is 2. The van der Waals surface area contributed by atoms with Gasteiger partial charge in [-0.1, -0.05) is 24.3 Å². The van der Waals surface area contributed by atoms with Gasteiger partial charge in [0, 0.05) is 11.6 Å². The highest BCUT2D eigenvalue weighted by molar-refractivity contribution is 5.81. The zero-order valence-corrected chi connectivity index (χ0v) is 9.82. The van der Waals surface area contributed by atoms with Crippen LogP contribution >= 0.6 is 0 Å². The molecule has 17 heavy (non-hydrogen) atoms. The maximum Gasteiger partial charge on any atom is 0.0906 e. The summed E-state index contributed by atoms with van der Waals surface area (Å²) in [6, 6.07) is 10.3. The number of nitrogens with zero attached hydrogens (tertiary/aromatic N) is 1. The molecule has 0 saturated carbocycles. The third-order valence-electron chi connectivity index (χ3n) is 2.77. The van der Waals surface area contributed by atoms with Gasteiger partial charge in [0.05, 0.1) is 12.2 Å². The summed E-state index contributed by atoms with van der Waals surface area (Å²) in [5.41, 5.74) is 2.32. The molecule has 2 aromatic rings. The Kier molecular flexibility index (Phi) is 4.45. The van der Waals surface area contributed by atoms with Crippen molar-refractivity contribution in [3.63, 3.8) is 0 Å². The number of fused-ring (bicyclic) bond motifs is 1. The molecule has 0 unspecified atom stereocenters. The van der Waals surface area contributed by atoms with E-state index in [2.05, 4.69) is 34.6 Å². The fourth-order valence-electron chi connectivity index (χ4n) is 1.91. The van der Waals surface area contributed by atoms with Crippen molar-refractivity contribution < 1.29 is 4.39 Å². The van der Waals surface area contributed by atoms with Crippen molar-refractivity contribution in [1.29, 1.82) is 0 Å². The molecule has 0 saturated heterocycles. The highest BCUT2D eigenvalue weighted by atomic mass is 19.1. The first-order chi connectivity index (χ1) is 8.42. The minimum absolute atomic E-state index is 0.247. The molecular weight excluding hydrogens is 215 g/mol. The number of benzene rings is 1. The van der Waals surface area contributed by atoms with Crippen molar-refractivity contribution in [2.45, 2.75) is 12.8 Å². The largest absolute Gasteiger partial charge is 0.316 e. The normalized spacial score (nSPS) is 10.9. The average Bonchev–Trinajstić information content (AvgIpc) is 2.39. The highest BCUT2D eigenvalue weighted by Crippen LogP contribution is 2.15. The maximum atomic E-state index is 11.9. The SMILES string of the molecule is FCCCNCCc1cccc2cccnc12. The lowest BCUT2D eigenvalue weighted by atomic mass is 10.1. The molecule has 1 aromatic carbocycles. The van der Waals surface area contributed by atoms with Gasteiger partial charge in [-0.05, 0) is 37.6 Å². The molecule has 3 heteroatoms. The third-order valence-corrected chi connectivity index (χ3v) is 2.77. The number of nitrogens with one attached hydrogen (secondary N) is 1. The van der Waals surface area contributed by atoms with Crippen LogP contribution in [0.1, 0.15) is 12.0 Å². The highest BCUT2D eigenvalue weighted by Gasteiger charge is 2.00. The van der Waals surface area contributed by atoms with Crippen LogP contribution in [-0.4, -0.2) is 24.7 Å². The molecule has 0 aliphatic carbocycles. The maximum absolute atomic E-state index is 11.9. The van der Waals surface area contributed by atoms with Crippen LogP contribution in [0.2, 0.25) is 0 Å². The van der Waals surface area contributed by atoms with Gasteiger partial charge in [-0.15, -0.1) is 0 Å². The summed E-state index contributed by atoms with van der Waals surface area (Å²) in [4.78, 5) is 4.41. The van der Waals surface area contributed by atoms with Crippen molar-refractivity contribution >= 4 is 10.9 Å². The summed E-state index contributed by atoms with van der Waals surface area (Å²) in [7, 11) is 0. The number of para-hydroxylation sites is 1. The Morgan fingerprint density at radius 2 is 2.00 bits per heavy atom. The molecule has 0 aliphatic heterocycles. The Morgan fingerprint density at radius 3 is 2.88 bits per heavy atom. The Balaban J connectivity index is 1.98. The zero-order chi connectivity index (χ0) is 11.9. The summed E-state index contributed by atoms with van der Waals surface area (Å²) in [6.07, 6.45) is 3.34. The van der Waals surface area contributed by atoms with E-state index in [-0.39, 0.29) is 6.67 Å². The standard InChI is InChI=1S/C14H17FN2/c15-8-3-9-16-11-7-13-5-1-4-12-6-2-10-17-14(12)13/h1-2,4-6,10,16H,3,7-9,11H2. The van der Waals surface area contributed by atoms with Gasteiger partial charge < -0.3 is 5.32 Å². The topological polar surface area (TPSA) is 24.9 Å². The Hall–Kier alpha value is -1.48. The molecule has 1 N–H and O–H groups in total. The van der Waals surface area contributed by atoms with Gasteiger partial charge in [-0.25, -0.2) is 0 Å². The number of aromatic nitrogens is 1. The van der Waals surface area contributed by atoms with Crippen LogP contribution in [0.25, 0.3) is 10.9 Å². The van der Waals surface area contributed by atoms with Crippen LogP contribution in [0, 0.1) is 0 Å². The van der Waals surface area contributed by atoms with E-state index in [0.29, 0.717) is 6.42 Å². The molecule has 0 radical (unpaired) electrons. The zero-order valence-electron chi connectivity index (χ0n) is 9.82. The van der Waals surface area contributed by atoms with Gasteiger partial charge in [0.15, 0.2) is 0 Å². The summed E-state index contributed by atoms with van der Waals surface area (Å²) in [6.45, 7) is 1.37. The van der Waals surface area contributed by atoms with Crippen LogP contribution < -0.4 is 5.32 Å². The van der Waals surface area contributed by atoms with Crippen molar-refractivity contribution in [2.24, 2.45) is 0 Å². The van der Waals surface area contributed by atoms with Crippen molar-refractivity contribution in [3.8, 4) is 0 Å². The predicted octanol–water partition coefficient (Wildman–Crippen LogP) is 2.73. The quantitative estimate of drug-likeness (QED) is 0.775. The Morgan fingerprint density at radius 1 is 1.12 bits per heavy atom. The van der Waals surface area contributed by atoms with Gasteiger partial charge in [0.1, 0.15) is 0 Å². The number of hydrogen-bond donors (Lipinski definition) is 1. The summed E-state index contributed by atoms with van der Waals surface area (Å²) < 4.78 is 11.9. The molecule has 1 heterocycles. The molecule has 0 amide bonds. The molecular formula is C14H17FN2. The van der Waals surface area contributed by atoms with Crippen LogP contribution in [0.4, 0.5) is 4.39 Å². The third kappa shape index (κ3) is 3.24. The van der Waals surface area contributed by atoms with E-state index in [1.54, 1.807) is 0 Å². The van der Waals surface area contributed by atoms with Gasteiger partial charge >= 0.3 is 0 Å². The first-order valence-electron chi connectivity index (χ1n) is 6.01. The fraction of sp³-hybridized carbons (Fsp3) is 0.357. The van der Waals surface area contributed by atoms with Crippen LogP contribution in [-0.2, 0) is 6.42 Å². The lowest BCUT2D eigenvalue weighted by Crippen LogP contribution is -2.19. The number of pyridine rings is 1. The van der Waals surface area contributed by atoms with Gasteiger partial charge in [0.25, 0.3) is 0 Å². The first-order valence-corrected chi connectivity index (χ1v) is 6.01. The molecule has 0 aliphatic rings. The summed E-state index contributed by atoms with van der Waals surface area (Å²) >= 11 is 0. The second kappa shape index (κ2) is 6.30. The average molecular weight is 232 g/mol. The van der Waals surface area contributed by atoms with Gasteiger partial charge in [-0.2, -0.15) is 0 Å². The number of rotatable bonds is 6. The van der Waals surface area contributed by atoms with Crippen molar-refractivity contribution in [3.05, 3.63) is 42.1 Å². The minimum atomic E-state index is -0.247. The minimum Gasteiger partial charge on any atom is -0.316 e. The molecule has 0 spiro atoms. The molecule has 90 valence electrons. The van der Waals surface area contributed by atoms with Gasteiger partial charge in [0.2, 0.25) is 0 Å². The van der Waals surface area contributed by atoms with Crippen LogP contribution in [0.5, 0.6) is 0 Å². The van der Waals surface area contributed by atoms with E-state index in [1.807, 2.05) is 12.3 Å². The second-order valence-electron chi connectivity index (χ2n) is 4.03. The Bertz CT molecular complexity index is 465. The van der Waals surface area contributed by atoms with Crippen molar-refractivity contribution in [2.75, 3.05) is 19.8 Å². The van der Waals surface area contributed by atoms with Gasteiger partial charge in [-0.3, -0.25) is 9.37 Å². The summed E-state index contributed by atoms with van der Waals surface area (Å²) in [5, 5.41) is 4.41. The Labute approximate surface area is 101 Å². The second-order valence-corrected chi connectivity index (χ2v) is 4.03. The van der Waals surface area contributed by atoms with E-state index in [9.17, 15) is 4.39 Å². The fourth-order valence-corrected chi connectivity index (χ4v) is 1.91. The molecule has 0 atom stereocenters. The molecule has 1 aromatic heterocycles. The van der Waals surface area contributed by atoms with E-state index in [0.717, 1.165) is 25.0 Å². The summed E-state index contributed by atoms with van der Waals surface area (Å²) in [5.74, 6) is 0. The monoisotopic (exact) mass is 232 g/mol. The lowest BCUT2D eigenvalue weighted by molar-refractivity contribution is 0.460. The molecule has 0 bridgehead atoms. The van der Waals surface area contributed by atoms with Crippen LogP contribution in [0.3, 0.4) is 0 Å².